The fourth-order valence-electron chi connectivity index (χ4n) is 0.296. The molecule has 2 nitrogen and oxygen atoms in total. The van der Waals surface area contributed by atoms with Crippen molar-refractivity contribution in [2.45, 2.75) is 0 Å². The maximum atomic E-state index is 12.1. The van der Waals surface area contributed by atoms with Crippen LogP contribution in [0, 0.1) is 18.1 Å². The Labute approximate surface area is 54.5 Å². The topological polar surface area (TPSA) is 25.8 Å². The van der Waals surface area contributed by atoms with Gasteiger partial charge in [-0.2, -0.15) is 13.8 Å². The van der Waals surface area contributed by atoms with Crippen LogP contribution in [0.4, 0.5) is 8.78 Å². The first-order valence-electron chi connectivity index (χ1n) is 1.96. The minimum Gasteiger partial charge on any atom is -0.210 e. The van der Waals surface area contributed by atoms with Gasteiger partial charge >= 0.3 is 0 Å². The summed E-state index contributed by atoms with van der Waals surface area (Å²) in [6, 6.07) is 0. The molecule has 0 saturated carbocycles. The normalized spacial score (nSPS) is 9.67. The largest absolute Gasteiger partial charge is 0.254 e. The number of halogens is 3. The number of hydrogen-bond donors (Lipinski definition) is 0. The van der Waals surface area contributed by atoms with Gasteiger partial charge in [-0.25, -0.2) is 4.98 Å². The van der Waals surface area contributed by atoms with Crippen LogP contribution in [0.2, 0.25) is 5.15 Å². The van der Waals surface area contributed by atoms with Gasteiger partial charge in [0.1, 0.15) is 0 Å². The molecule has 0 saturated heterocycles. The lowest BCUT2D eigenvalue weighted by atomic mass is 10.6. The van der Waals surface area contributed by atoms with Crippen molar-refractivity contribution in [1.82, 2.24) is 9.97 Å². The van der Waals surface area contributed by atoms with Gasteiger partial charge in [0.2, 0.25) is 12.1 Å². The highest BCUT2D eigenvalue weighted by Crippen LogP contribution is 2.09. The zero-order valence-electron chi connectivity index (χ0n) is 4.03. The first kappa shape index (κ1) is 6.35. The third-order valence-corrected chi connectivity index (χ3v) is 0.909. The van der Waals surface area contributed by atoms with Crippen molar-refractivity contribution in [2.75, 3.05) is 0 Å². The van der Waals surface area contributed by atoms with Crippen LogP contribution in [-0.2, 0) is 0 Å². The van der Waals surface area contributed by atoms with E-state index in [2.05, 4.69) is 9.97 Å². The predicted octanol–water partition coefficient (Wildman–Crippen LogP) is 1.21. The molecule has 1 aromatic heterocycles. The van der Waals surface area contributed by atoms with Gasteiger partial charge in [-0.1, -0.05) is 11.6 Å². The fraction of sp³-hybridized carbons (Fsp3) is 0. The van der Waals surface area contributed by atoms with E-state index < -0.39 is 16.9 Å². The van der Waals surface area contributed by atoms with Crippen LogP contribution in [0.3, 0.4) is 0 Å². The lowest BCUT2D eigenvalue weighted by Gasteiger charge is -1.88. The van der Waals surface area contributed by atoms with Crippen molar-refractivity contribution in [3.63, 3.8) is 0 Å². The van der Waals surface area contributed by atoms with E-state index in [1.807, 2.05) is 6.33 Å². The molecule has 1 heterocycles. The Kier molecular flexibility index (Phi) is 1.57. The Morgan fingerprint density at radius 3 is 2.44 bits per heavy atom. The SMILES string of the molecule is Fc1n[c]nc(Cl)c1F. The van der Waals surface area contributed by atoms with Crippen molar-refractivity contribution in [3.05, 3.63) is 23.2 Å². The van der Waals surface area contributed by atoms with E-state index >= 15 is 0 Å². The molecule has 0 fully saturated rings. The van der Waals surface area contributed by atoms with Gasteiger partial charge in [-0.15, -0.1) is 0 Å². The molecule has 47 valence electrons. The van der Waals surface area contributed by atoms with Gasteiger partial charge in [0, 0.05) is 0 Å². The second-order valence-corrected chi connectivity index (χ2v) is 1.58. The molecule has 0 aliphatic carbocycles. The Morgan fingerprint density at radius 1 is 1.33 bits per heavy atom. The van der Waals surface area contributed by atoms with Gasteiger partial charge in [-0.05, 0) is 0 Å². The van der Waals surface area contributed by atoms with E-state index in [1.54, 1.807) is 0 Å². The standard InChI is InChI=1S/C4ClF2N2/c5-3-2(6)4(7)9-1-8-3. The Morgan fingerprint density at radius 2 is 2.00 bits per heavy atom. The minimum atomic E-state index is -1.28. The summed E-state index contributed by atoms with van der Waals surface area (Å²) in [5.41, 5.74) is 0. The predicted molar refractivity (Wildman–Crippen MR) is 25.8 cm³/mol. The molecule has 9 heavy (non-hydrogen) atoms. The molecular weight excluding hydrogens is 150 g/mol. The number of nitrogens with zero attached hydrogens (tertiary/aromatic N) is 2. The summed E-state index contributed by atoms with van der Waals surface area (Å²) >= 11 is 5.02. The van der Waals surface area contributed by atoms with Gasteiger partial charge in [0.05, 0.1) is 0 Å². The number of hydrogen-bond acceptors (Lipinski definition) is 2. The molecule has 0 aromatic carbocycles. The summed E-state index contributed by atoms with van der Waals surface area (Å²) in [6.45, 7) is 0. The summed E-state index contributed by atoms with van der Waals surface area (Å²) < 4.78 is 24.0. The Balaban J connectivity index is 3.25. The molecule has 0 aliphatic rings. The zero-order valence-corrected chi connectivity index (χ0v) is 4.78. The summed E-state index contributed by atoms with van der Waals surface area (Å²) in [7, 11) is 0. The van der Waals surface area contributed by atoms with Crippen LogP contribution in [0.15, 0.2) is 0 Å². The molecule has 0 unspecified atom stereocenters. The van der Waals surface area contributed by atoms with Gasteiger partial charge in [0.15, 0.2) is 5.15 Å². The molecule has 0 N–H and O–H groups in total. The summed E-state index contributed by atoms with van der Waals surface area (Å²) in [5, 5.41) is -0.553. The monoisotopic (exact) mass is 149 g/mol. The maximum Gasteiger partial charge on any atom is 0.254 e. The van der Waals surface area contributed by atoms with Crippen molar-refractivity contribution in [3.8, 4) is 0 Å². The third kappa shape index (κ3) is 1.13. The average molecular weight is 150 g/mol. The summed E-state index contributed by atoms with van der Waals surface area (Å²) in [4.78, 5) is 5.83. The second-order valence-electron chi connectivity index (χ2n) is 1.22. The molecule has 0 spiro atoms. The number of aromatic nitrogens is 2. The van der Waals surface area contributed by atoms with Crippen molar-refractivity contribution >= 4 is 11.6 Å². The molecule has 1 rings (SSSR count). The van der Waals surface area contributed by atoms with Crippen molar-refractivity contribution < 1.29 is 8.78 Å². The lowest BCUT2D eigenvalue weighted by molar-refractivity contribution is 0.472. The molecule has 0 aliphatic heterocycles. The highest BCUT2D eigenvalue weighted by atomic mass is 35.5. The Hall–Kier alpha value is -0.770. The first-order valence-corrected chi connectivity index (χ1v) is 2.34. The van der Waals surface area contributed by atoms with E-state index in [-0.39, 0.29) is 0 Å². The maximum absolute atomic E-state index is 12.1. The summed E-state index contributed by atoms with van der Waals surface area (Å²) in [5.74, 6) is -2.52. The van der Waals surface area contributed by atoms with Crippen LogP contribution in [0.5, 0.6) is 0 Å². The molecule has 0 atom stereocenters. The van der Waals surface area contributed by atoms with E-state index in [1.165, 1.54) is 0 Å². The second kappa shape index (κ2) is 2.23. The van der Waals surface area contributed by atoms with Crippen LogP contribution >= 0.6 is 11.6 Å². The molecular formula is C4ClF2N2. The van der Waals surface area contributed by atoms with Gasteiger partial charge < -0.3 is 0 Å². The molecule has 1 radical (unpaired) electrons. The van der Waals surface area contributed by atoms with Crippen molar-refractivity contribution in [2.24, 2.45) is 0 Å². The first-order chi connectivity index (χ1) is 4.22. The van der Waals surface area contributed by atoms with Crippen LogP contribution in [0.25, 0.3) is 0 Å². The van der Waals surface area contributed by atoms with Gasteiger partial charge in [-0.3, -0.25) is 0 Å². The van der Waals surface area contributed by atoms with E-state index in [0.29, 0.717) is 0 Å². The van der Waals surface area contributed by atoms with Crippen LogP contribution < -0.4 is 0 Å². The smallest absolute Gasteiger partial charge is 0.210 e. The van der Waals surface area contributed by atoms with Gasteiger partial charge in [0.25, 0.3) is 5.95 Å². The van der Waals surface area contributed by atoms with Crippen LogP contribution in [-0.4, -0.2) is 9.97 Å². The highest BCUT2D eigenvalue weighted by molar-refractivity contribution is 6.29. The van der Waals surface area contributed by atoms with E-state index in [0.717, 1.165) is 0 Å². The molecule has 0 amide bonds. The molecule has 5 heteroatoms. The van der Waals surface area contributed by atoms with E-state index in [4.69, 9.17) is 11.6 Å². The minimum absolute atomic E-state index is 0.553. The molecule has 1 aromatic rings. The average Bonchev–Trinajstić information content (AvgIpc) is 1.83. The van der Waals surface area contributed by atoms with Crippen molar-refractivity contribution in [1.29, 1.82) is 0 Å². The Bertz CT molecular complexity index is 208. The number of rotatable bonds is 0. The summed E-state index contributed by atoms with van der Waals surface area (Å²) in [6.07, 6.45) is 1.82. The molecule has 0 bridgehead atoms. The third-order valence-electron chi connectivity index (χ3n) is 0.659. The quantitative estimate of drug-likeness (QED) is 0.518. The van der Waals surface area contributed by atoms with E-state index in [9.17, 15) is 8.78 Å². The lowest BCUT2D eigenvalue weighted by Crippen LogP contribution is -1.92. The highest BCUT2D eigenvalue weighted by Gasteiger charge is 2.06. The zero-order chi connectivity index (χ0) is 6.85. The van der Waals surface area contributed by atoms with Crippen LogP contribution in [0.1, 0.15) is 0 Å². The fourth-order valence-corrected chi connectivity index (χ4v) is 0.412.